The van der Waals surface area contributed by atoms with Gasteiger partial charge in [-0.15, -0.1) is 0 Å². The number of Topliss-reactive ketones (excluding diaryl/α,β-unsaturated/α-hetero) is 1. The molecule has 1 amide bonds. The van der Waals surface area contributed by atoms with Crippen LogP contribution in [-0.4, -0.2) is 41.4 Å². The third-order valence-corrected chi connectivity index (χ3v) is 3.91. The van der Waals surface area contributed by atoms with Crippen LogP contribution in [0.2, 0.25) is 0 Å². The van der Waals surface area contributed by atoms with Gasteiger partial charge in [-0.1, -0.05) is 0 Å². The van der Waals surface area contributed by atoms with Crippen molar-refractivity contribution in [2.24, 2.45) is 11.3 Å². The summed E-state index contributed by atoms with van der Waals surface area (Å²) in [6.07, 6.45) is 2.96. The van der Waals surface area contributed by atoms with Gasteiger partial charge in [-0.2, -0.15) is 0 Å². The number of likely N-dealkylation sites (N-methyl/N-ethyl adjacent to an activating group) is 1. The number of nitrogens with zero attached hydrogens (tertiary/aromatic N) is 1. The summed E-state index contributed by atoms with van der Waals surface area (Å²) >= 11 is 0. The predicted molar refractivity (Wildman–Crippen MR) is 56.8 cm³/mol. The van der Waals surface area contributed by atoms with Crippen molar-refractivity contribution in [1.29, 1.82) is 0 Å². The summed E-state index contributed by atoms with van der Waals surface area (Å²) in [6, 6.07) is -0.390. The van der Waals surface area contributed by atoms with E-state index in [9.17, 15) is 9.59 Å². The lowest BCUT2D eigenvalue weighted by Crippen LogP contribution is -2.55. The molecule has 0 aromatic rings. The van der Waals surface area contributed by atoms with Gasteiger partial charge in [0.2, 0.25) is 5.91 Å². The van der Waals surface area contributed by atoms with E-state index < -0.39 is 17.9 Å². The van der Waals surface area contributed by atoms with Gasteiger partial charge in [0.05, 0.1) is 12.0 Å². The van der Waals surface area contributed by atoms with Crippen LogP contribution in [0.25, 0.3) is 0 Å². The van der Waals surface area contributed by atoms with Crippen molar-refractivity contribution in [2.75, 3.05) is 13.6 Å². The molecule has 1 aliphatic heterocycles. The number of nitrogens with one attached hydrogen (secondary N) is 1. The summed E-state index contributed by atoms with van der Waals surface area (Å²) in [5.41, 5.74) is 1.91. The van der Waals surface area contributed by atoms with E-state index in [4.69, 9.17) is 5.21 Å². The second-order valence-corrected chi connectivity index (χ2v) is 5.26. The Hall–Kier alpha value is -0.940. The molecule has 2 aliphatic rings. The van der Waals surface area contributed by atoms with Crippen LogP contribution in [0.5, 0.6) is 0 Å². The van der Waals surface area contributed by atoms with Gasteiger partial charge >= 0.3 is 0 Å². The fraction of sp³-hybridized carbons (Fsp3) is 0.818. The lowest BCUT2D eigenvalue weighted by molar-refractivity contribution is -0.143. The van der Waals surface area contributed by atoms with Crippen LogP contribution in [0.3, 0.4) is 0 Å². The number of hydrogen-bond acceptors (Lipinski definition) is 4. The number of carbonyl (C=O) groups excluding carboxylic acids is 2. The Balaban J connectivity index is 2.21. The predicted octanol–water partition coefficient (Wildman–Crippen LogP) is 0.181. The number of piperidine rings is 1. The van der Waals surface area contributed by atoms with Crippen LogP contribution in [0, 0.1) is 11.3 Å². The van der Waals surface area contributed by atoms with Crippen LogP contribution in [0.15, 0.2) is 0 Å². The minimum absolute atomic E-state index is 0.00778. The van der Waals surface area contributed by atoms with Gasteiger partial charge in [0.15, 0.2) is 0 Å². The minimum Gasteiger partial charge on any atom is -0.298 e. The molecule has 0 unspecified atom stereocenters. The molecule has 1 saturated carbocycles. The molecule has 1 heterocycles. The van der Waals surface area contributed by atoms with Crippen molar-refractivity contribution in [2.45, 2.75) is 32.2 Å². The highest BCUT2D eigenvalue weighted by molar-refractivity contribution is 5.90. The first-order valence-electron chi connectivity index (χ1n) is 5.64. The Labute approximate surface area is 94.8 Å². The Morgan fingerprint density at radius 1 is 1.44 bits per heavy atom. The molecule has 5 heteroatoms. The van der Waals surface area contributed by atoms with E-state index in [0.29, 0.717) is 6.42 Å². The van der Waals surface area contributed by atoms with Crippen molar-refractivity contribution >= 4 is 11.7 Å². The first-order valence-corrected chi connectivity index (χ1v) is 5.64. The number of ketones is 1. The van der Waals surface area contributed by atoms with Crippen LogP contribution < -0.4 is 5.48 Å². The minimum atomic E-state index is -0.432. The maximum Gasteiger partial charge on any atom is 0.248 e. The van der Waals surface area contributed by atoms with Gasteiger partial charge < -0.3 is 0 Å². The Morgan fingerprint density at radius 3 is 2.50 bits per heavy atom. The Morgan fingerprint density at radius 2 is 2.06 bits per heavy atom. The van der Waals surface area contributed by atoms with E-state index in [2.05, 4.69) is 0 Å². The number of carbonyl (C=O) groups is 2. The fourth-order valence-electron chi connectivity index (χ4n) is 3.03. The third-order valence-electron chi connectivity index (χ3n) is 3.91. The first kappa shape index (κ1) is 11.5. The number of likely N-dealkylation sites (tertiary alicyclic amines) is 1. The van der Waals surface area contributed by atoms with Crippen LogP contribution in [0.1, 0.15) is 26.2 Å². The van der Waals surface area contributed by atoms with Crippen molar-refractivity contribution in [3.05, 3.63) is 0 Å². The van der Waals surface area contributed by atoms with Crippen molar-refractivity contribution in [1.82, 2.24) is 10.4 Å². The van der Waals surface area contributed by atoms with Gasteiger partial charge in [0.25, 0.3) is 0 Å². The Bertz CT molecular complexity index is 325. The average Bonchev–Trinajstić information content (AvgIpc) is 2.94. The molecule has 0 bridgehead atoms. The molecule has 0 radical (unpaired) electrons. The zero-order valence-corrected chi connectivity index (χ0v) is 9.69. The van der Waals surface area contributed by atoms with E-state index in [-0.39, 0.29) is 11.2 Å². The maximum absolute atomic E-state index is 11.6. The van der Waals surface area contributed by atoms with Crippen molar-refractivity contribution < 1.29 is 14.8 Å². The number of rotatable bonds is 2. The molecular weight excluding hydrogens is 208 g/mol. The van der Waals surface area contributed by atoms with E-state index >= 15 is 0 Å². The first-order chi connectivity index (χ1) is 7.49. The highest BCUT2D eigenvalue weighted by atomic mass is 16.5. The largest absolute Gasteiger partial charge is 0.298 e. The lowest BCUT2D eigenvalue weighted by atomic mass is 9.79. The Kier molecular flexibility index (Phi) is 2.75. The lowest BCUT2D eigenvalue weighted by Gasteiger charge is -2.41. The zero-order chi connectivity index (χ0) is 11.9. The topological polar surface area (TPSA) is 69.6 Å². The summed E-state index contributed by atoms with van der Waals surface area (Å²) < 4.78 is 0. The summed E-state index contributed by atoms with van der Waals surface area (Å²) in [5.74, 6) is -0.853. The molecule has 2 N–H and O–H groups in total. The summed E-state index contributed by atoms with van der Waals surface area (Å²) in [7, 11) is 1.88. The zero-order valence-electron chi connectivity index (χ0n) is 9.69. The van der Waals surface area contributed by atoms with E-state index in [1.54, 1.807) is 5.48 Å². The van der Waals surface area contributed by atoms with Gasteiger partial charge in [-0.3, -0.25) is 19.7 Å². The smallest absolute Gasteiger partial charge is 0.248 e. The van der Waals surface area contributed by atoms with Gasteiger partial charge in [0, 0.05) is 6.54 Å². The quantitative estimate of drug-likeness (QED) is 0.520. The fourth-order valence-corrected chi connectivity index (χ4v) is 3.03. The number of amides is 1. The molecule has 2 fully saturated rings. The molecule has 90 valence electrons. The molecule has 2 atom stereocenters. The molecular formula is C11H18N2O3. The molecule has 1 saturated heterocycles. The van der Waals surface area contributed by atoms with Crippen LogP contribution in [0.4, 0.5) is 0 Å². The summed E-state index contributed by atoms with van der Waals surface area (Å²) in [5, 5.41) is 8.73. The summed E-state index contributed by atoms with van der Waals surface area (Å²) in [6.45, 7) is 2.39. The second kappa shape index (κ2) is 3.82. The monoisotopic (exact) mass is 226 g/mol. The average molecular weight is 226 g/mol. The SMILES string of the molecule is CC(=O)[C@@H]1[C@@H](C(=O)NO)CC2(CC2)CN1C. The van der Waals surface area contributed by atoms with E-state index in [0.717, 1.165) is 19.4 Å². The highest BCUT2D eigenvalue weighted by Gasteiger charge is 2.53. The standard InChI is InChI=1S/C11H18N2O3/c1-7(14)9-8(10(15)12-16)5-11(3-4-11)6-13(9)2/h8-9,16H,3-6H2,1-2H3,(H,12,15)/t8-,9+/m0/s1. The van der Waals surface area contributed by atoms with Gasteiger partial charge in [-0.05, 0) is 38.6 Å². The molecule has 1 aliphatic carbocycles. The summed E-state index contributed by atoms with van der Waals surface area (Å²) in [4.78, 5) is 25.1. The molecule has 2 rings (SSSR count). The highest BCUT2D eigenvalue weighted by Crippen LogP contribution is 2.54. The van der Waals surface area contributed by atoms with Crippen molar-refractivity contribution in [3.8, 4) is 0 Å². The van der Waals surface area contributed by atoms with Crippen LogP contribution in [-0.2, 0) is 9.59 Å². The normalized spacial score (nSPS) is 32.4. The van der Waals surface area contributed by atoms with Crippen LogP contribution >= 0.6 is 0 Å². The number of hydrogen-bond donors (Lipinski definition) is 2. The molecule has 5 nitrogen and oxygen atoms in total. The van der Waals surface area contributed by atoms with Crippen molar-refractivity contribution in [3.63, 3.8) is 0 Å². The second-order valence-electron chi connectivity index (χ2n) is 5.26. The van der Waals surface area contributed by atoms with E-state index in [1.807, 2.05) is 11.9 Å². The maximum atomic E-state index is 11.6. The molecule has 16 heavy (non-hydrogen) atoms. The van der Waals surface area contributed by atoms with Gasteiger partial charge in [-0.25, -0.2) is 5.48 Å². The molecule has 1 spiro atoms. The molecule has 0 aromatic heterocycles. The third kappa shape index (κ3) is 1.85. The number of hydroxylamine groups is 1. The van der Waals surface area contributed by atoms with Gasteiger partial charge in [0.1, 0.15) is 5.78 Å². The molecule has 0 aromatic carbocycles. The van der Waals surface area contributed by atoms with E-state index in [1.165, 1.54) is 6.92 Å².